The highest BCUT2D eigenvalue weighted by molar-refractivity contribution is 5.98. The first-order valence-electron chi connectivity index (χ1n) is 4.90. The molecule has 0 unspecified atom stereocenters. The lowest BCUT2D eigenvalue weighted by Crippen LogP contribution is -2.43. The van der Waals surface area contributed by atoms with Crippen LogP contribution in [0.25, 0.3) is 0 Å². The monoisotopic (exact) mass is 252 g/mol. The van der Waals surface area contributed by atoms with Crippen LogP contribution in [0.4, 0.5) is 0 Å². The molecule has 0 aliphatic heterocycles. The molecule has 0 spiro atoms. The normalized spacial score (nSPS) is 9.78. The van der Waals surface area contributed by atoms with Crippen LogP contribution in [0.1, 0.15) is 10.4 Å². The van der Waals surface area contributed by atoms with Crippen molar-refractivity contribution >= 4 is 17.7 Å². The highest BCUT2D eigenvalue weighted by Crippen LogP contribution is 2.10. The van der Waals surface area contributed by atoms with E-state index < -0.39 is 30.8 Å². The van der Waals surface area contributed by atoms with Crippen LogP contribution in [-0.4, -0.2) is 45.8 Å². The van der Waals surface area contributed by atoms with Gasteiger partial charge in [-0.15, -0.1) is 0 Å². The number of aromatic nitrogens is 1. The number of nitrogens with two attached hydrogens (primary N) is 2. The van der Waals surface area contributed by atoms with Gasteiger partial charge < -0.3 is 21.5 Å². The van der Waals surface area contributed by atoms with Gasteiger partial charge in [-0.05, 0) is 6.07 Å². The molecule has 5 N–H and O–H groups in total. The maximum atomic E-state index is 11.9. The van der Waals surface area contributed by atoms with Crippen LogP contribution in [0.5, 0.6) is 5.75 Å². The molecule has 0 aliphatic rings. The molecule has 1 aromatic rings. The summed E-state index contributed by atoms with van der Waals surface area (Å²) >= 11 is 0. The van der Waals surface area contributed by atoms with Crippen LogP contribution in [0.15, 0.2) is 18.5 Å². The Morgan fingerprint density at radius 3 is 2.17 bits per heavy atom. The number of pyridine rings is 1. The van der Waals surface area contributed by atoms with Crippen molar-refractivity contribution in [3.63, 3.8) is 0 Å². The fraction of sp³-hybridized carbons (Fsp3) is 0.200. The van der Waals surface area contributed by atoms with Crippen LogP contribution in [0.3, 0.4) is 0 Å². The number of rotatable bonds is 5. The highest BCUT2D eigenvalue weighted by atomic mass is 16.3. The van der Waals surface area contributed by atoms with E-state index in [1.54, 1.807) is 0 Å². The maximum absolute atomic E-state index is 11.9. The summed E-state index contributed by atoms with van der Waals surface area (Å²) in [4.78, 5) is 38.0. The Labute approximate surface area is 102 Å². The van der Waals surface area contributed by atoms with E-state index in [0.29, 0.717) is 0 Å². The first-order chi connectivity index (χ1) is 8.40. The minimum atomic E-state index is -0.780. The van der Waals surface area contributed by atoms with Gasteiger partial charge in [0.05, 0.1) is 11.8 Å². The molecule has 0 saturated carbocycles. The van der Waals surface area contributed by atoms with Crippen LogP contribution in [-0.2, 0) is 9.59 Å². The number of nitrogens with zero attached hydrogens (tertiary/aromatic N) is 2. The largest absolute Gasteiger partial charge is 0.506 e. The summed E-state index contributed by atoms with van der Waals surface area (Å²) in [5, 5.41) is 9.19. The van der Waals surface area contributed by atoms with Gasteiger partial charge in [-0.3, -0.25) is 19.4 Å². The quantitative estimate of drug-likeness (QED) is 0.567. The molecule has 8 heteroatoms. The lowest BCUT2D eigenvalue weighted by Gasteiger charge is -2.19. The molecule has 0 aliphatic carbocycles. The summed E-state index contributed by atoms with van der Waals surface area (Å²) in [5.74, 6) is -2.44. The molecule has 8 nitrogen and oxygen atoms in total. The van der Waals surface area contributed by atoms with Crippen molar-refractivity contribution in [3.05, 3.63) is 24.0 Å². The molecule has 1 aromatic heterocycles. The predicted octanol–water partition coefficient (Wildman–Crippen LogP) is -1.80. The van der Waals surface area contributed by atoms with E-state index in [2.05, 4.69) is 4.98 Å². The van der Waals surface area contributed by atoms with Gasteiger partial charge in [0.15, 0.2) is 0 Å². The molecule has 18 heavy (non-hydrogen) atoms. The zero-order chi connectivity index (χ0) is 13.7. The van der Waals surface area contributed by atoms with Crippen LogP contribution in [0, 0.1) is 0 Å². The van der Waals surface area contributed by atoms with Crippen LogP contribution < -0.4 is 11.5 Å². The summed E-state index contributed by atoms with van der Waals surface area (Å²) in [6.07, 6.45) is 2.33. The van der Waals surface area contributed by atoms with Crippen LogP contribution >= 0.6 is 0 Å². The standard InChI is InChI=1S/C10H12N4O4/c11-8(16)4-14(5-9(12)17)10(18)6-1-7(15)3-13-2-6/h1-3,15H,4-5H2,(H2,11,16)(H2,12,17). The fourth-order valence-electron chi connectivity index (χ4n) is 1.30. The lowest BCUT2D eigenvalue weighted by molar-refractivity contribution is -0.121. The summed E-state index contributed by atoms with van der Waals surface area (Å²) in [6.45, 7) is -0.894. The molecular weight excluding hydrogens is 240 g/mol. The molecule has 0 fully saturated rings. The third-order valence-electron chi connectivity index (χ3n) is 1.95. The zero-order valence-corrected chi connectivity index (χ0v) is 9.37. The summed E-state index contributed by atoms with van der Waals surface area (Å²) in [6, 6.07) is 1.16. The van der Waals surface area contributed by atoms with Crippen molar-refractivity contribution in [3.8, 4) is 5.75 Å². The number of hydrogen-bond acceptors (Lipinski definition) is 5. The molecule has 1 rings (SSSR count). The maximum Gasteiger partial charge on any atom is 0.256 e. The third kappa shape index (κ3) is 3.74. The van der Waals surface area contributed by atoms with Gasteiger partial charge in [0.25, 0.3) is 5.91 Å². The molecule has 0 bridgehead atoms. The van der Waals surface area contributed by atoms with Crippen molar-refractivity contribution in [1.29, 1.82) is 0 Å². The topological polar surface area (TPSA) is 140 Å². The number of hydrogen-bond donors (Lipinski definition) is 3. The SMILES string of the molecule is NC(=O)CN(CC(N)=O)C(=O)c1cncc(O)c1. The van der Waals surface area contributed by atoms with E-state index in [-0.39, 0.29) is 11.3 Å². The average Bonchev–Trinajstić information content (AvgIpc) is 2.26. The van der Waals surface area contributed by atoms with Crippen molar-refractivity contribution in [1.82, 2.24) is 9.88 Å². The number of aromatic hydroxyl groups is 1. The third-order valence-corrected chi connectivity index (χ3v) is 1.95. The fourth-order valence-corrected chi connectivity index (χ4v) is 1.30. The lowest BCUT2D eigenvalue weighted by atomic mass is 10.2. The van der Waals surface area contributed by atoms with Gasteiger partial charge in [-0.1, -0.05) is 0 Å². The predicted molar refractivity (Wildman–Crippen MR) is 60.2 cm³/mol. The molecule has 0 radical (unpaired) electrons. The minimum Gasteiger partial charge on any atom is -0.506 e. The number of primary amides is 2. The van der Waals surface area contributed by atoms with E-state index in [4.69, 9.17) is 11.5 Å². The molecule has 3 amide bonds. The van der Waals surface area contributed by atoms with Crippen molar-refractivity contribution in [2.45, 2.75) is 0 Å². The number of carbonyl (C=O) groups excluding carboxylic acids is 3. The van der Waals surface area contributed by atoms with Crippen molar-refractivity contribution in [2.75, 3.05) is 13.1 Å². The van der Waals surface area contributed by atoms with Gasteiger partial charge in [-0.25, -0.2) is 0 Å². The highest BCUT2D eigenvalue weighted by Gasteiger charge is 2.20. The number of amides is 3. The number of carbonyl (C=O) groups is 3. The van der Waals surface area contributed by atoms with Crippen molar-refractivity contribution < 1.29 is 19.5 Å². The van der Waals surface area contributed by atoms with Crippen LogP contribution in [0.2, 0.25) is 0 Å². The first kappa shape index (κ1) is 13.4. The molecule has 0 aromatic carbocycles. The van der Waals surface area contributed by atoms with E-state index in [0.717, 1.165) is 17.2 Å². The second kappa shape index (κ2) is 5.62. The van der Waals surface area contributed by atoms with E-state index >= 15 is 0 Å². The molecule has 96 valence electrons. The molecule has 0 atom stereocenters. The molecule has 1 heterocycles. The van der Waals surface area contributed by atoms with Gasteiger partial charge >= 0.3 is 0 Å². The smallest absolute Gasteiger partial charge is 0.256 e. The molecular formula is C10H12N4O4. The van der Waals surface area contributed by atoms with Gasteiger partial charge in [0.2, 0.25) is 11.8 Å². The summed E-state index contributed by atoms with van der Waals surface area (Å²) in [7, 11) is 0. The van der Waals surface area contributed by atoms with E-state index in [1.165, 1.54) is 6.20 Å². The summed E-state index contributed by atoms with van der Waals surface area (Å²) < 4.78 is 0. The van der Waals surface area contributed by atoms with Crippen molar-refractivity contribution in [2.24, 2.45) is 11.5 Å². The van der Waals surface area contributed by atoms with E-state index in [1.807, 2.05) is 0 Å². The Morgan fingerprint density at radius 2 is 1.72 bits per heavy atom. The second-order valence-corrected chi connectivity index (χ2v) is 3.53. The Bertz CT molecular complexity index is 473. The Hall–Kier alpha value is -2.64. The average molecular weight is 252 g/mol. The van der Waals surface area contributed by atoms with Gasteiger partial charge in [-0.2, -0.15) is 0 Å². The van der Waals surface area contributed by atoms with E-state index in [9.17, 15) is 19.5 Å². The first-order valence-corrected chi connectivity index (χ1v) is 4.90. The van der Waals surface area contributed by atoms with Gasteiger partial charge in [0.1, 0.15) is 18.8 Å². The minimum absolute atomic E-state index is 0.0255. The Balaban J connectivity index is 2.94. The second-order valence-electron chi connectivity index (χ2n) is 3.53. The van der Waals surface area contributed by atoms with Gasteiger partial charge in [0, 0.05) is 6.20 Å². The Kier molecular flexibility index (Phi) is 4.19. The zero-order valence-electron chi connectivity index (χ0n) is 9.37. The molecule has 0 saturated heterocycles. The summed E-state index contributed by atoms with van der Waals surface area (Å²) in [5.41, 5.74) is 9.96. The Morgan fingerprint density at radius 1 is 1.17 bits per heavy atom.